The minimum Gasteiger partial charge on any atom is -0.497 e. The number of hydrogen-bond donors (Lipinski definition) is 1. The van der Waals surface area contributed by atoms with Gasteiger partial charge in [-0.1, -0.05) is 35.9 Å². The Morgan fingerprint density at radius 1 is 1.18 bits per heavy atom. The van der Waals surface area contributed by atoms with Crippen LogP contribution >= 0.6 is 23.4 Å². The van der Waals surface area contributed by atoms with Gasteiger partial charge < -0.3 is 15.0 Å². The molecule has 0 saturated heterocycles. The zero-order valence-corrected chi connectivity index (χ0v) is 17.8. The van der Waals surface area contributed by atoms with Crippen LogP contribution in [0.15, 0.2) is 48.5 Å². The van der Waals surface area contributed by atoms with Crippen LogP contribution < -0.4 is 10.1 Å². The predicted molar refractivity (Wildman–Crippen MR) is 115 cm³/mol. The first-order chi connectivity index (χ1) is 13.4. The normalized spacial score (nSPS) is 11.6. The number of benzene rings is 2. The lowest BCUT2D eigenvalue weighted by Crippen LogP contribution is -2.47. The number of nitrogens with one attached hydrogen (secondary N) is 1. The van der Waals surface area contributed by atoms with E-state index in [9.17, 15) is 9.59 Å². The van der Waals surface area contributed by atoms with Crippen molar-refractivity contribution < 1.29 is 14.3 Å². The summed E-state index contributed by atoms with van der Waals surface area (Å²) in [6.07, 6.45) is 0. The molecule has 5 nitrogen and oxygen atoms in total. The van der Waals surface area contributed by atoms with E-state index < -0.39 is 6.04 Å². The van der Waals surface area contributed by atoms with Crippen LogP contribution in [-0.2, 0) is 21.9 Å². The Morgan fingerprint density at radius 3 is 2.50 bits per heavy atom. The molecule has 0 aliphatic carbocycles. The largest absolute Gasteiger partial charge is 0.497 e. The van der Waals surface area contributed by atoms with Gasteiger partial charge in [-0.15, -0.1) is 11.8 Å². The summed E-state index contributed by atoms with van der Waals surface area (Å²) in [7, 11) is 3.18. The van der Waals surface area contributed by atoms with Gasteiger partial charge in [-0.2, -0.15) is 0 Å². The molecule has 1 N–H and O–H groups in total. The topological polar surface area (TPSA) is 58.6 Å². The van der Waals surface area contributed by atoms with Gasteiger partial charge in [0, 0.05) is 24.4 Å². The molecule has 7 heteroatoms. The molecular formula is C21H25ClN2O3S. The third-order valence-corrected chi connectivity index (χ3v) is 5.53. The van der Waals surface area contributed by atoms with Gasteiger partial charge in [-0.05, 0) is 42.3 Å². The molecule has 1 atom stereocenters. The second-order valence-electron chi connectivity index (χ2n) is 6.28. The van der Waals surface area contributed by atoms with Crippen LogP contribution in [0, 0.1) is 0 Å². The van der Waals surface area contributed by atoms with E-state index in [2.05, 4.69) is 5.32 Å². The fraction of sp³-hybridized carbons (Fsp3) is 0.333. The van der Waals surface area contributed by atoms with Gasteiger partial charge in [0.2, 0.25) is 11.8 Å². The number of ether oxygens (including phenoxy) is 1. The molecule has 150 valence electrons. The number of amides is 2. The summed E-state index contributed by atoms with van der Waals surface area (Å²) in [5, 5.41) is 3.30. The van der Waals surface area contributed by atoms with Crippen LogP contribution in [0.3, 0.4) is 0 Å². The molecule has 0 aliphatic rings. The molecule has 2 rings (SSSR count). The molecule has 2 amide bonds. The maximum atomic E-state index is 12.9. The predicted octanol–water partition coefficient (Wildman–Crippen LogP) is 3.75. The monoisotopic (exact) mass is 420 g/mol. The highest BCUT2D eigenvalue weighted by Gasteiger charge is 2.25. The summed E-state index contributed by atoms with van der Waals surface area (Å²) < 4.78 is 5.17. The number of hydrogen-bond acceptors (Lipinski definition) is 4. The fourth-order valence-electron chi connectivity index (χ4n) is 2.69. The Bertz CT molecular complexity index is 798. The number of thioether (sulfide) groups is 1. The Morgan fingerprint density at radius 2 is 1.89 bits per heavy atom. The van der Waals surface area contributed by atoms with E-state index in [4.69, 9.17) is 16.3 Å². The van der Waals surface area contributed by atoms with Crippen LogP contribution in [0.5, 0.6) is 5.75 Å². The van der Waals surface area contributed by atoms with Crippen LogP contribution in [0.2, 0.25) is 5.02 Å². The number of carbonyl (C=O) groups is 2. The number of halogens is 1. The minimum absolute atomic E-state index is 0.0843. The molecule has 0 bridgehead atoms. The van der Waals surface area contributed by atoms with E-state index in [-0.39, 0.29) is 17.6 Å². The second kappa shape index (κ2) is 11.0. The summed E-state index contributed by atoms with van der Waals surface area (Å²) in [5.74, 6) is 1.43. The van der Waals surface area contributed by atoms with Gasteiger partial charge in [0.1, 0.15) is 11.8 Å². The first-order valence-corrected chi connectivity index (χ1v) is 10.4. The highest BCUT2D eigenvalue weighted by atomic mass is 35.5. The molecule has 0 fully saturated rings. The third kappa shape index (κ3) is 6.46. The summed E-state index contributed by atoms with van der Waals surface area (Å²) in [4.78, 5) is 26.6. The maximum absolute atomic E-state index is 12.9. The fourth-order valence-corrected chi connectivity index (χ4v) is 3.76. The summed E-state index contributed by atoms with van der Waals surface area (Å²) >= 11 is 7.51. The highest BCUT2D eigenvalue weighted by Crippen LogP contribution is 2.19. The number of rotatable bonds is 9. The van der Waals surface area contributed by atoms with Gasteiger partial charge in [0.25, 0.3) is 0 Å². The van der Waals surface area contributed by atoms with Crippen LogP contribution in [-0.4, -0.2) is 42.7 Å². The van der Waals surface area contributed by atoms with Crippen molar-refractivity contribution in [3.63, 3.8) is 0 Å². The second-order valence-corrected chi connectivity index (χ2v) is 7.70. The molecule has 2 aromatic rings. The summed E-state index contributed by atoms with van der Waals surface area (Å²) in [5.41, 5.74) is 2.00. The van der Waals surface area contributed by atoms with Gasteiger partial charge in [-0.3, -0.25) is 9.59 Å². The summed E-state index contributed by atoms with van der Waals surface area (Å²) in [6.45, 7) is 2.09. The van der Waals surface area contributed by atoms with Crippen molar-refractivity contribution in [3.05, 3.63) is 64.7 Å². The van der Waals surface area contributed by atoms with E-state index in [1.54, 1.807) is 26.0 Å². The van der Waals surface area contributed by atoms with Crippen molar-refractivity contribution in [2.45, 2.75) is 25.3 Å². The molecule has 0 aliphatic heterocycles. The Hall–Kier alpha value is -2.18. The van der Waals surface area contributed by atoms with E-state index in [0.29, 0.717) is 17.3 Å². The zero-order chi connectivity index (χ0) is 20.5. The van der Waals surface area contributed by atoms with E-state index in [0.717, 1.165) is 16.9 Å². The van der Waals surface area contributed by atoms with E-state index in [1.807, 2.05) is 48.5 Å². The first kappa shape index (κ1) is 22.1. The van der Waals surface area contributed by atoms with E-state index in [1.165, 1.54) is 11.8 Å². The highest BCUT2D eigenvalue weighted by molar-refractivity contribution is 7.99. The Labute approximate surface area is 175 Å². The maximum Gasteiger partial charge on any atom is 0.242 e. The van der Waals surface area contributed by atoms with Crippen LogP contribution in [0.25, 0.3) is 0 Å². The SMILES string of the molecule is CNC(=O)[C@@H](C)N(Cc1ccc(OC)cc1)C(=O)CSCc1cccc(Cl)c1. The lowest BCUT2D eigenvalue weighted by atomic mass is 10.1. The van der Waals surface area contributed by atoms with Crippen molar-refractivity contribution in [1.29, 1.82) is 0 Å². The lowest BCUT2D eigenvalue weighted by molar-refractivity contribution is -0.138. The minimum atomic E-state index is -0.564. The quantitative estimate of drug-likeness (QED) is 0.671. The van der Waals surface area contributed by atoms with Crippen LogP contribution in [0.1, 0.15) is 18.1 Å². The molecule has 0 spiro atoms. The third-order valence-electron chi connectivity index (χ3n) is 4.31. The number of methoxy groups -OCH3 is 1. The zero-order valence-electron chi connectivity index (χ0n) is 16.3. The average molecular weight is 421 g/mol. The van der Waals surface area contributed by atoms with Gasteiger partial charge in [0.05, 0.1) is 12.9 Å². The number of nitrogens with zero attached hydrogens (tertiary/aromatic N) is 1. The molecule has 28 heavy (non-hydrogen) atoms. The molecular weight excluding hydrogens is 396 g/mol. The first-order valence-electron chi connectivity index (χ1n) is 8.90. The van der Waals surface area contributed by atoms with Gasteiger partial charge >= 0.3 is 0 Å². The van der Waals surface area contributed by atoms with Crippen molar-refractivity contribution >= 4 is 35.2 Å². The van der Waals surface area contributed by atoms with E-state index >= 15 is 0 Å². The molecule has 0 heterocycles. The number of carbonyl (C=O) groups excluding carboxylic acids is 2. The molecule has 0 unspecified atom stereocenters. The van der Waals surface area contributed by atoms with Crippen LogP contribution in [0.4, 0.5) is 0 Å². The number of likely N-dealkylation sites (N-methyl/N-ethyl adjacent to an activating group) is 1. The van der Waals surface area contributed by atoms with Crippen molar-refractivity contribution in [3.8, 4) is 5.75 Å². The van der Waals surface area contributed by atoms with Crippen molar-refractivity contribution in [2.75, 3.05) is 19.9 Å². The average Bonchev–Trinajstić information content (AvgIpc) is 2.71. The van der Waals surface area contributed by atoms with Crippen molar-refractivity contribution in [1.82, 2.24) is 10.2 Å². The lowest BCUT2D eigenvalue weighted by Gasteiger charge is -2.28. The Balaban J connectivity index is 2.04. The molecule has 0 radical (unpaired) electrons. The van der Waals surface area contributed by atoms with Gasteiger partial charge in [-0.25, -0.2) is 0 Å². The molecule has 2 aromatic carbocycles. The smallest absolute Gasteiger partial charge is 0.242 e. The van der Waals surface area contributed by atoms with Crippen molar-refractivity contribution in [2.24, 2.45) is 0 Å². The standard InChI is InChI=1S/C21H25ClN2O3S/c1-15(21(26)23-2)24(12-16-7-9-19(27-3)10-8-16)20(25)14-28-13-17-5-4-6-18(22)11-17/h4-11,15H,12-14H2,1-3H3,(H,23,26)/t15-/m1/s1. The molecule has 0 saturated carbocycles. The summed E-state index contributed by atoms with van der Waals surface area (Å²) in [6, 6.07) is 14.5. The Kier molecular flexibility index (Phi) is 8.67. The molecule has 0 aromatic heterocycles. The van der Waals surface area contributed by atoms with Gasteiger partial charge in [0.15, 0.2) is 0 Å².